The molecule has 1 rings (SSSR count). The van der Waals surface area contributed by atoms with Crippen molar-refractivity contribution in [3.8, 4) is 0 Å². The monoisotopic (exact) mass is 263 g/mol. The van der Waals surface area contributed by atoms with E-state index < -0.39 is 10.8 Å². The van der Waals surface area contributed by atoms with Gasteiger partial charge < -0.3 is 15.2 Å². The summed E-state index contributed by atoms with van der Waals surface area (Å²) in [7, 11) is -0.859. The van der Waals surface area contributed by atoms with Crippen LogP contribution in [0.1, 0.15) is 33.1 Å². The molecule has 1 saturated heterocycles. The van der Waals surface area contributed by atoms with Gasteiger partial charge in [0.2, 0.25) is 0 Å². The first-order chi connectivity index (χ1) is 8.19. The number of aliphatic hydroxyl groups excluding tert-OH is 1. The molecule has 0 aromatic rings. The molecule has 0 aromatic heterocycles. The van der Waals surface area contributed by atoms with Gasteiger partial charge in [0.15, 0.2) is 0 Å². The molecule has 4 atom stereocenters. The van der Waals surface area contributed by atoms with Gasteiger partial charge in [0, 0.05) is 35.8 Å². The van der Waals surface area contributed by atoms with E-state index in [9.17, 15) is 4.21 Å². The zero-order valence-electron chi connectivity index (χ0n) is 10.9. The Kier molecular flexibility index (Phi) is 7.27. The standard InChI is InChI=1S/C12H25NO3S/c1-3-6-13-11(4-7-14)9-17(15)12-5-8-16-10(12)2/h10-14H,3-9H2,1-2H3. The van der Waals surface area contributed by atoms with Gasteiger partial charge in [-0.15, -0.1) is 0 Å². The maximum absolute atomic E-state index is 12.2. The molecule has 1 aliphatic heterocycles. The minimum Gasteiger partial charge on any atom is -0.396 e. The van der Waals surface area contributed by atoms with Crippen LogP contribution in [0.25, 0.3) is 0 Å². The maximum Gasteiger partial charge on any atom is 0.0691 e. The Balaban J connectivity index is 2.39. The molecule has 0 amide bonds. The Labute approximate surface area is 107 Å². The van der Waals surface area contributed by atoms with Gasteiger partial charge in [0.25, 0.3) is 0 Å². The highest BCUT2D eigenvalue weighted by atomic mass is 32.2. The molecule has 0 saturated carbocycles. The summed E-state index contributed by atoms with van der Waals surface area (Å²) < 4.78 is 17.7. The molecule has 0 spiro atoms. The van der Waals surface area contributed by atoms with Gasteiger partial charge in [-0.05, 0) is 32.7 Å². The van der Waals surface area contributed by atoms with Crippen LogP contribution < -0.4 is 5.32 Å². The predicted molar refractivity (Wildman–Crippen MR) is 70.6 cm³/mol. The lowest BCUT2D eigenvalue weighted by atomic mass is 10.2. The Morgan fingerprint density at radius 2 is 2.35 bits per heavy atom. The van der Waals surface area contributed by atoms with Gasteiger partial charge in [-0.3, -0.25) is 4.21 Å². The van der Waals surface area contributed by atoms with E-state index in [1.165, 1.54) is 0 Å². The molecule has 1 heterocycles. The van der Waals surface area contributed by atoms with Crippen LogP contribution >= 0.6 is 0 Å². The van der Waals surface area contributed by atoms with Crippen LogP contribution in [0.4, 0.5) is 0 Å². The van der Waals surface area contributed by atoms with Crippen molar-refractivity contribution in [2.24, 2.45) is 0 Å². The molecule has 2 N–H and O–H groups in total. The SMILES string of the molecule is CCCNC(CCO)CS(=O)C1CCOC1C. The van der Waals surface area contributed by atoms with Crippen molar-refractivity contribution >= 4 is 10.8 Å². The predicted octanol–water partition coefficient (Wildman–Crippen LogP) is 0.663. The second-order valence-electron chi connectivity index (χ2n) is 4.61. The number of rotatable bonds is 8. The van der Waals surface area contributed by atoms with E-state index in [4.69, 9.17) is 9.84 Å². The molecule has 102 valence electrons. The van der Waals surface area contributed by atoms with Crippen molar-refractivity contribution in [3.05, 3.63) is 0 Å². The molecule has 5 heteroatoms. The van der Waals surface area contributed by atoms with E-state index in [-0.39, 0.29) is 24.0 Å². The number of ether oxygens (including phenoxy) is 1. The highest BCUT2D eigenvalue weighted by Gasteiger charge is 2.30. The molecule has 4 nitrogen and oxygen atoms in total. The molecule has 17 heavy (non-hydrogen) atoms. The number of hydrogen-bond acceptors (Lipinski definition) is 4. The molecular weight excluding hydrogens is 238 g/mol. The van der Waals surface area contributed by atoms with Crippen LogP contribution in [-0.4, -0.2) is 52.2 Å². The zero-order valence-corrected chi connectivity index (χ0v) is 11.7. The minimum atomic E-state index is -0.859. The van der Waals surface area contributed by atoms with Crippen LogP contribution in [0.2, 0.25) is 0 Å². The van der Waals surface area contributed by atoms with Crippen molar-refractivity contribution < 1.29 is 14.1 Å². The second-order valence-corrected chi connectivity index (χ2v) is 6.31. The van der Waals surface area contributed by atoms with Crippen LogP contribution in [0, 0.1) is 0 Å². The average Bonchev–Trinajstić information content (AvgIpc) is 2.72. The van der Waals surface area contributed by atoms with Gasteiger partial charge in [-0.25, -0.2) is 0 Å². The second kappa shape index (κ2) is 8.19. The smallest absolute Gasteiger partial charge is 0.0691 e. The topological polar surface area (TPSA) is 58.6 Å². The van der Waals surface area contributed by atoms with Gasteiger partial charge in [0.05, 0.1) is 11.4 Å². The van der Waals surface area contributed by atoms with E-state index in [0.29, 0.717) is 12.2 Å². The van der Waals surface area contributed by atoms with E-state index in [2.05, 4.69) is 12.2 Å². The summed E-state index contributed by atoms with van der Waals surface area (Å²) in [5.74, 6) is 0.624. The summed E-state index contributed by atoms with van der Waals surface area (Å²) in [4.78, 5) is 0. The van der Waals surface area contributed by atoms with Crippen molar-refractivity contribution in [2.75, 3.05) is 25.5 Å². The van der Waals surface area contributed by atoms with E-state index in [0.717, 1.165) is 26.0 Å². The fraction of sp³-hybridized carbons (Fsp3) is 1.00. The molecule has 4 unspecified atom stereocenters. The molecule has 0 aliphatic carbocycles. The van der Waals surface area contributed by atoms with Gasteiger partial charge in [0.1, 0.15) is 0 Å². The van der Waals surface area contributed by atoms with Crippen molar-refractivity contribution in [3.63, 3.8) is 0 Å². The largest absolute Gasteiger partial charge is 0.396 e. The van der Waals surface area contributed by atoms with E-state index in [1.54, 1.807) is 0 Å². The Morgan fingerprint density at radius 3 is 2.88 bits per heavy atom. The highest BCUT2D eigenvalue weighted by Crippen LogP contribution is 2.19. The first-order valence-corrected chi connectivity index (χ1v) is 7.90. The van der Waals surface area contributed by atoms with Gasteiger partial charge in [-0.2, -0.15) is 0 Å². The third-order valence-electron chi connectivity index (χ3n) is 3.17. The van der Waals surface area contributed by atoms with Crippen LogP contribution in [0.3, 0.4) is 0 Å². The lowest BCUT2D eigenvalue weighted by Gasteiger charge is -2.20. The summed E-state index contributed by atoms with van der Waals surface area (Å²) in [6.07, 6.45) is 2.73. The van der Waals surface area contributed by atoms with Crippen LogP contribution in [-0.2, 0) is 15.5 Å². The summed E-state index contributed by atoms with van der Waals surface area (Å²) in [6.45, 7) is 5.89. The lowest BCUT2D eigenvalue weighted by Crippen LogP contribution is -2.38. The quantitative estimate of drug-likeness (QED) is 0.675. The number of aliphatic hydroxyl groups is 1. The third kappa shape index (κ3) is 5.04. The Morgan fingerprint density at radius 1 is 1.59 bits per heavy atom. The first kappa shape index (κ1) is 15.1. The normalized spacial score (nSPS) is 28.2. The molecule has 1 aliphatic rings. The van der Waals surface area contributed by atoms with Gasteiger partial charge in [-0.1, -0.05) is 6.92 Å². The number of nitrogens with one attached hydrogen (secondary N) is 1. The van der Waals surface area contributed by atoms with Gasteiger partial charge >= 0.3 is 0 Å². The van der Waals surface area contributed by atoms with E-state index >= 15 is 0 Å². The minimum absolute atomic E-state index is 0.108. The van der Waals surface area contributed by atoms with Crippen molar-refractivity contribution in [2.45, 2.75) is 50.5 Å². The Hall–Kier alpha value is 0.0300. The molecule has 0 aromatic carbocycles. The summed E-state index contributed by atoms with van der Waals surface area (Å²) in [5.41, 5.74) is 0. The highest BCUT2D eigenvalue weighted by molar-refractivity contribution is 7.85. The summed E-state index contributed by atoms with van der Waals surface area (Å²) >= 11 is 0. The summed E-state index contributed by atoms with van der Waals surface area (Å²) in [5, 5.41) is 12.5. The first-order valence-electron chi connectivity index (χ1n) is 6.52. The third-order valence-corrected chi connectivity index (χ3v) is 5.20. The molecule has 0 radical (unpaired) electrons. The average molecular weight is 263 g/mol. The van der Waals surface area contributed by atoms with Crippen molar-refractivity contribution in [1.82, 2.24) is 5.32 Å². The molecule has 0 bridgehead atoms. The van der Waals surface area contributed by atoms with Crippen LogP contribution in [0.15, 0.2) is 0 Å². The molecule has 1 fully saturated rings. The lowest BCUT2D eigenvalue weighted by molar-refractivity contribution is 0.127. The van der Waals surface area contributed by atoms with Crippen molar-refractivity contribution in [1.29, 1.82) is 0 Å². The van der Waals surface area contributed by atoms with Crippen LogP contribution in [0.5, 0.6) is 0 Å². The maximum atomic E-state index is 12.2. The zero-order chi connectivity index (χ0) is 12.7. The fourth-order valence-electron chi connectivity index (χ4n) is 2.13. The van der Waals surface area contributed by atoms with E-state index in [1.807, 2.05) is 6.92 Å². The fourth-order valence-corrected chi connectivity index (χ4v) is 3.92. The Bertz CT molecular complexity index is 238. The summed E-state index contributed by atoms with van der Waals surface area (Å²) in [6, 6.07) is 0.161. The number of hydrogen-bond donors (Lipinski definition) is 2. The molecular formula is C12H25NO3S.